The minimum Gasteiger partial charge on any atom is -0.457 e. The van der Waals surface area contributed by atoms with Gasteiger partial charge in [-0.3, -0.25) is 33.0 Å². The Bertz CT molecular complexity index is 1420. The number of amides is 1. The second kappa shape index (κ2) is 16.1. The molecule has 2 fully saturated rings. The second-order valence-electron chi connectivity index (χ2n) is 9.69. The van der Waals surface area contributed by atoms with E-state index >= 15 is 0 Å². The van der Waals surface area contributed by atoms with Gasteiger partial charge in [-0.2, -0.15) is 4.31 Å². The summed E-state index contributed by atoms with van der Waals surface area (Å²) in [7, 11) is -11.5. The molecular formula is C21H33N3O20P2. The lowest BCUT2D eigenvalue weighted by Gasteiger charge is -2.43. The molecule has 46 heavy (non-hydrogen) atoms. The van der Waals surface area contributed by atoms with Crippen molar-refractivity contribution in [2.45, 2.75) is 68.0 Å². The van der Waals surface area contributed by atoms with Crippen LogP contribution < -0.4 is 16.6 Å². The number of carbonyl (C=O) groups excluding carboxylic acids is 2. The molecule has 2 aliphatic rings. The summed E-state index contributed by atoms with van der Waals surface area (Å²) in [4.78, 5) is 69.9. The summed E-state index contributed by atoms with van der Waals surface area (Å²) in [6.45, 7) is -3.48. The number of nitrogens with one attached hydrogen (secondary N) is 2. The van der Waals surface area contributed by atoms with Crippen LogP contribution in [0.4, 0.5) is 0 Å². The SMILES string of the molecule is O=C(CCO)N[C@H]1[C@@H](OP(=O)(O)OP(=O)(O)OC[C@H]2O[C@@H](n3ccc(=O)[nH]c3=O)[C@H](O)[C@@H]2O)O[C@H](CO)[C@@H](O)[C@@H]1OC(=O)CCO. The van der Waals surface area contributed by atoms with Gasteiger partial charge in [0.25, 0.3) is 5.56 Å². The second-order valence-corrected chi connectivity index (χ2v) is 12.7. The molecule has 0 bridgehead atoms. The Morgan fingerprint density at radius 1 is 0.957 bits per heavy atom. The van der Waals surface area contributed by atoms with Crippen molar-refractivity contribution in [3.05, 3.63) is 33.1 Å². The zero-order valence-electron chi connectivity index (χ0n) is 23.4. The predicted octanol–water partition coefficient (Wildman–Crippen LogP) is -5.35. The Balaban J connectivity index is 1.74. The molecule has 0 spiro atoms. The number of nitrogens with zero attached hydrogens (tertiary/aromatic N) is 1. The molecule has 25 heteroatoms. The van der Waals surface area contributed by atoms with Crippen LogP contribution in [0.3, 0.4) is 0 Å². The highest BCUT2D eigenvalue weighted by molar-refractivity contribution is 7.61. The van der Waals surface area contributed by atoms with Gasteiger partial charge in [-0.1, -0.05) is 0 Å². The van der Waals surface area contributed by atoms with Gasteiger partial charge < -0.3 is 60.0 Å². The number of carbonyl (C=O) groups is 2. The quantitative estimate of drug-likeness (QED) is 0.0600. The number of aromatic amines is 1. The maximum atomic E-state index is 12.8. The lowest BCUT2D eigenvalue weighted by molar-refractivity contribution is -0.253. The van der Waals surface area contributed by atoms with Crippen molar-refractivity contribution < 1.29 is 86.7 Å². The van der Waals surface area contributed by atoms with Crippen LogP contribution in [0.15, 0.2) is 21.9 Å². The van der Waals surface area contributed by atoms with Crippen LogP contribution in [0.25, 0.3) is 0 Å². The third-order valence-corrected chi connectivity index (χ3v) is 9.01. The van der Waals surface area contributed by atoms with E-state index in [1.807, 2.05) is 4.98 Å². The van der Waals surface area contributed by atoms with Gasteiger partial charge in [-0.05, 0) is 0 Å². The Labute approximate surface area is 257 Å². The first-order valence-corrected chi connectivity index (χ1v) is 16.2. The van der Waals surface area contributed by atoms with Gasteiger partial charge in [0.2, 0.25) is 5.91 Å². The van der Waals surface area contributed by atoms with E-state index in [-0.39, 0.29) is 0 Å². The number of phosphoric ester groups is 2. The third kappa shape index (κ3) is 9.79. The predicted molar refractivity (Wildman–Crippen MR) is 142 cm³/mol. The Morgan fingerprint density at radius 3 is 2.24 bits per heavy atom. The summed E-state index contributed by atoms with van der Waals surface area (Å²) >= 11 is 0. The first-order chi connectivity index (χ1) is 21.5. The molecule has 0 saturated carbocycles. The fourth-order valence-corrected chi connectivity index (χ4v) is 6.47. The highest BCUT2D eigenvalue weighted by Crippen LogP contribution is 2.61. The van der Waals surface area contributed by atoms with Crippen LogP contribution in [0.5, 0.6) is 0 Å². The van der Waals surface area contributed by atoms with Crippen LogP contribution in [0.2, 0.25) is 0 Å². The van der Waals surface area contributed by atoms with E-state index in [4.69, 9.17) is 28.9 Å². The van der Waals surface area contributed by atoms with Gasteiger partial charge in [0.1, 0.15) is 36.6 Å². The summed E-state index contributed by atoms with van der Waals surface area (Å²) in [5.74, 6) is -2.11. The molecule has 0 radical (unpaired) electrons. The molecule has 3 heterocycles. The van der Waals surface area contributed by atoms with Gasteiger partial charge in [-0.25, -0.2) is 13.9 Å². The van der Waals surface area contributed by atoms with E-state index in [1.54, 1.807) is 0 Å². The standard InChI is InChI=1S/C21H33N3O20P2/c25-5-2-12(29)22-14-18(42-13(30)3-6-26)16(32)9(7-27)41-20(14)43-46(37,38)44-45(35,36)39-8-10-15(31)17(33)19(40-10)24-4-1-11(28)23-21(24)34/h1,4,9-10,14-20,25-27,31-33H,2-3,5-8H2,(H,22,29)(H,35,36)(H,37,38)(H,23,28,34)/t9-,10-,14-,15-,16-,17-,18-,19-,20-/m1/s1. The number of aliphatic hydroxyl groups is 6. The maximum Gasteiger partial charge on any atom is 0.483 e. The number of phosphoric acid groups is 2. The normalized spacial score (nSPS) is 32.3. The third-order valence-electron chi connectivity index (χ3n) is 6.41. The van der Waals surface area contributed by atoms with Crippen LogP contribution in [-0.4, -0.2) is 137 Å². The Morgan fingerprint density at radius 2 is 1.63 bits per heavy atom. The number of hydrogen-bond donors (Lipinski definition) is 10. The van der Waals surface area contributed by atoms with Gasteiger partial charge in [-0.15, -0.1) is 0 Å². The number of rotatable bonds is 15. The lowest BCUT2D eigenvalue weighted by Crippen LogP contribution is -2.65. The number of H-pyrrole nitrogens is 1. The van der Waals surface area contributed by atoms with E-state index < -0.39 is 133 Å². The highest BCUT2D eigenvalue weighted by Gasteiger charge is 2.52. The number of esters is 1. The van der Waals surface area contributed by atoms with Gasteiger partial charge in [0, 0.05) is 18.7 Å². The zero-order valence-corrected chi connectivity index (χ0v) is 25.2. The molecule has 2 aliphatic heterocycles. The molecule has 0 aromatic carbocycles. The molecule has 23 nitrogen and oxygen atoms in total. The summed E-state index contributed by atoms with van der Waals surface area (Å²) in [6.07, 6.45) is -14.9. The topological polar surface area (TPSA) is 352 Å². The van der Waals surface area contributed by atoms with E-state index in [2.05, 4.69) is 14.2 Å². The van der Waals surface area contributed by atoms with Crippen LogP contribution in [-0.2, 0) is 46.3 Å². The fraction of sp³-hybridized carbons (Fsp3) is 0.714. The van der Waals surface area contributed by atoms with Gasteiger partial charge >= 0.3 is 27.3 Å². The summed E-state index contributed by atoms with van der Waals surface area (Å²) in [5, 5.41) is 60.9. The summed E-state index contributed by atoms with van der Waals surface area (Å²) in [5.41, 5.74) is -1.81. The van der Waals surface area contributed by atoms with Crippen LogP contribution in [0.1, 0.15) is 19.1 Å². The van der Waals surface area contributed by atoms with Crippen molar-refractivity contribution in [2.75, 3.05) is 26.4 Å². The van der Waals surface area contributed by atoms with Crippen LogP contribution >= 0.6 is 15.6 Å². The van der Waals surface area contributed by atoms with Crippen molar-refractivity contribution in [3.8, 4) is 0 Å². The van der Waals surface area contributed by atoms with Gasteiger partial charge in [0.05, 0.1) is 32.8 Å². The minimum absolute atomic E-state index is 0.561. The summed E-state index contributed by atoms with van der Waals surface area (Å²) < 4.78 is 55.2. The molecule has 0 aliphatic carbocycles. The van der Waals surface area contributed by atoms with E-state index in [0.29, 0.717) is 4.57 Å². The fourth-order valence-electron chi connectivity index (χ4n) is 4.31. The van der Waals surface area contributed by atoms with E-state index in [9.17, 15) is 58.5 Å². The molecular weight excluding hydrogens is 676 g/mol. The first-order valence-electron chi connectivity index (χ1n) is 13.2. The number of ether oxygens (including phenoxy) is 3. The lowest BCUT2D eigenvalue weighted by atomic mass is 9.96. The highest BCUT2D eigenvalue weighted by atomic mass is 31.3. The molecule has 2 saturated heterocycles. The van der Waals surface area contributed by atoms with Crippen molar-refractivity contribution in [1.82, 2.24) is 14.9 Å². The van der Waals surface area contributed by atoms with Crippen LogP contribution in [0, 0.1) is 0 Å². The molecule has 3 rings (SSSR count). The minimum atomic E-state index is -5.81. The molecule has 10 N–H and O–H groups in total. The Hall–Kier alpha value is -2.44. The maximum absolute atomic E-state index is 12.8. The molecule has 11 atom stereocenters. The van der Waals surface area contributed by atoms with Gasteiger partial charge in [0.15, 0.2) is 18.6 Å². The number of aromatic nitrogens is 2. The summed E-state index contributed by atoms with van der Waals surface area (Å²) in [6, 6.07) is -0.967. The van der Waals surface area contributed by atoms with Crippen molar-refractivity contribution in [3.63, 3.8) is 0 Å². The van der Waals surface area contributed by atoms with Crippen molar-refractivity contribution in [1.29, 1.82) is 0 Å². The average molecular weight is 709 g/mol. The van der Waals surface area contributed by atoms with Crippen molar-refractivity contribution >= 4 is 27.5 Å². The monoisotopic (exact) mass is 709 g/mol. The molecule has 1 aromatic heterocycles. The number of hydrogen-bond acceptors (Lipinski definition) is 18. The largest absolute Gasteiger partial charge is 0.483 e. The number of aliphatic hydroxyl groups excluding tert-OH is 6. The first kappa shape index (κ1) is 38.0. The Kier molecular flexibility index (Phi) is 13.3. The molecule has 1 amide bonds. The van der Waals surface area contributed by atoms with Crippen molar-refractivity contribution in [2.24, 2.45) is 0 Å². The van der Waals surface area contributed by atoms with E-state index in [1.165, 1.54) is 0 Å². The van der Waals surface area contributed by atoms with E-state index in [0.717, 1.165) is 12.3 Å². The zero-order chi connectivity index (χ0) is 34.4. The smallest absolute Gasteiger partial charge is 0.457 e. The molecule has 262 valence electrons. The molecule has 2 unspecified atom stereocenters. The average Bonchev–Trinajstić information content (AvgIpc) is 3.23. The molecule has 1 aromatic rings.